The van der Waals surface area contributed by atoms with Crippen molar-refractivity contribution < 1.29 is 14.0 Å². The van der Waals surface area contributed by atoms with E-state index in [1.165, 1.54) is 44.8 Å². The summed E-state index contributed by atoms with van der Waals surface area (Å²) in [5, 5.41) is 2.77. The smallest absolute Gasteiger partial charge is 0.248 e. The number of primary amides is 1. The first-order chi connectivity index (χ1) is 14.5. The van der Waals surface area contributed by atoms with Gasteiger partial charge in [-0.15, -0.1) is 0 Å². The predicted molar refractivity (Wildman–Crippen MR) is 118 cm³/mol. The maximum atomic E-state index is 14.6. The van der Waals surface area contributed by atoms with Crippen LogP contribution in [-0.2, 0) is 4.79 Å². The summed E-state index contributed by atoms with van der Waals surface area (Å²) in [6, 6.07) is 11.1. The number of nitrogens with two attached hydrogens (primary N) is 1. The van der Waals surface area contributed by atoms with Gasteiger partial charge in [0.2, 0.25) is 11.8 Å². The summed E-state index contributed by atoms with van der Waals surface area (Å²) in [5.41, 5.74) is 6.97. The van der Waals surface area contributed by atoms with Gasteiger partial charge in [0.25, 0.3) is 0 Å². The number of carbonyl (C=O) groups excluding carboxylic acids is 2. The summed E-state index contributed by atoms with van der Waals surface area (Å²) in [5.74, 6) is -1.12. The fraction of sp³-hybridized carbons (Fsp3) is 0.417. The van der Waals surface area contributed by atoms with Crippen LogP contribution in [0.2, 0.25) is 0 Å². The molecule has 1 heterocycles. The van der Waals surface area contributed by atoms with Crippen molar-refractivity contribution in [1.82, 2.24) is 4.90 Å². The number of carbonyl (C=O) groups is 2. The summed E-state index contributed by atoms with van der Waals surface area (Å²) < 4.78 is 14.6. The summed E-state index contributed by atoms with van der Waals surface area (Å²) in [6.45, 7) is 3.38. The molecule has 2 aromatic rings. The first-order valence-corrected chi connectivity index (χ1v) is 10.7. The Bertz CT molecular complexity index is 877. The molecule has 5 nitrogen and oxygen atoms in total. The number of nitrogens with one attached hydrogen (secondary N) is 1. The molecule has 0 spiro atoms. The summed E-state index contributed by atoms with van der Waals surface area (Å²) in [6.07, 6.45) is 7.44. The molecule has 3 N–H and O–H groups in total. The third kappa shape index (κ3) is 6.39. The number of halogens is 1. The number of rotatable bonds is 8. The van der Waals surface area contributed by atoms with E-state index in [4.69, 9.17) is 5.73 Å². The highest BCUT2D eigenvalue weighted by molar-refractivity contribution is 5.94. The van der Waals surface area contributed by atoms with Crippen LogP contribution in [0.15, 0.2) is 42.5 Å². The van der Waals surface area contributed by atoms with Crippen LogP contribution in [0.1, 0.15) is 55.3 Å². The topological polar surface area (TPSA) is 75.4 Å². The van der Waals surface area contributed by atoms with Crippen molar-refractivity contribution in [3.8, 4) is 11.1 Å². The third-order valence-corrected chi connectivity index (χ3v) is 5.54. The molecule has 0 saturated carbocycles. The molecule has 0 bridgehead atoms. The number of nitrogens with zero attached hydrogens (tertiary/aromatic N) is 1. The highest BCUT2D eigenvalue weighted by atomic mass is 19.1. The monoisotopic (exact) mass is 411 g/mol. The molecule has 0 aromatic heterocycles. The predicted octanol–water partition coefficient (Wildman–Crippen LogP) is 4.58. The second kappa shape index (κ2) is 10.9. The minimum absolute atomic E-state index is 0.103. The van der Waals surface area contributed by atoms with Crippen molar-refractivity contribution in [2.45, 2.75) is 44.9 Å². The van der Waals surface area contributed by atoms with Gasteiger partial charge in [-0.2, -0.15) is 0 Å². The molecule has 1 fully saturated rings. The molecule has 0 radical (unpaired) electrons. The molecule has 0 unspecified atom stereocenters. The number of hydrogen-bond acceptors (Lipinski definition) is 3. The minimum atomic E-state index is -0.558. The highest BCUT2D eigenvalue weighted by Gasteiger charge is 2.11. The molecule has 0 atom stereocenters. The molecular weight excluding hydrogens is 381 g/mol. The maximum Gasteiger partial charge on any atom is 0.248 e. The molecule has 30 heavy (non-hydrogen) atoms. The van der Waals surface area contributed by atoms with E-state index in [1.54, 1.807) is 36.4 Å². The average molecular weight is 412 g/mol. The van der Waals surface area contributed by atoms with Gasteiger partial charge in [-0.05, 0) is 81.2 Å². The van der Waals surface area contributed by atoms with Gasteiger partial charge in [0, 0.05) is 23.2 Å². The van der Waals surface area contributed by atoms with E-state index in [-0.39, 0.29) is 5.91 Å². The van der Waals surface area contributed by atoms with E-state index >= 15 is 0 Å². The van der Waals surface area contributed by atoms with Crippen LogP contribution in [0.5, 0.6) is 0 Å². The highest BCUT2D eigenvalue weighted by Crippen LogP contribution is 2.26. The van der Waals surface area contributed by atoms with Gasteiger partial charge in [-0.25, -0.2) is 4.39 Å². The number of unbranched alkanes of at least 4 members (excludes halogenated alkanes) is 1. The Morgan fingerprint density at radius 2 is 1.77 bits per heavy atom. The quantitative estimate of drug-likeness (QED) is 0.625. The normalized spacial score (nSPS) is 14.8. The Labute approximate surface area is 177 Å². The number of hydrogen-bond donors (Lipinski definition) is 2. The molecule has 2 amide bonds. The van der Waals surface area contributed by atoms with Crippen LogP contribution in [-0.4, -0.2) is 36.3 Å². The zero-order valence-corrected chi connectivity index (χ0v) is 17.3. The molecule has 3 rings (SSSR count). The average Bonchev–Trinajstić information content (AvgIpc) is 3.00. The second-order valence-corrected chi connectivity index (χ2v) is 7.90. The second-order valence-electron chi connectivity index (χ2n) is 7.90. The molecule has 6 heteroatoms. The Morgan fingerprint density at radius 1 is 1.00 bits per heavy atom. The fourth-order valence-corrected chi connectivity index (χ4v) is 3.87. The summed E-state index contributed by atoms with van der Waals surface area (Å²) >= 11 is 0. The molecule has 1 aliphatic heterocycles. The lowest BCUT2D eigenvalue weighted by atomic mass is 10.0. The molecule has 0 aliphatic carbocycles. The maximum absolute atomic E-state index is 14.6. The van der Waals surface area contributed by atoms with Crippen LogP contribution >= 0.6 is 0 Å². The van der Waals surface area contributed by atoms with Crippen LogP contribution in [0, 0.1) is 5.82 Å². The van der Waals surface area contributed by atoms with Gasteiger partial charge in [0.1, 0.15) is 5.82 Å². The standard InChI is InChI=1S/C24H30FN3O2/c25-22-17-20(11-12-21(22)18-8-7-9-19(16-18)24(26)30)27-23(29)10-3-6-15-28-13-4-1-2-5-14-28/h7-9,11-12,16-17H,1-6,10,13-15H2,(H2,26,30)(H,27,29). The van der Waals surface area contributed by atoms with E-state index in [2.05, 4.69) is 10.2 Å². The van der Waals surface area contributed by atoms with Gasteiger partial charge < -0.3 is 16.0 Å². The van der Waals surface area contributed by atoms with Crippen LogP contribution in [0.3, 0.4) is 0 Å². The number of likely N-dealkylation sites (tertiary alicyclic amines) is 1. The van der Waals surface area contributed by atoms with Gasteiger partial charge in [0.05, 0.1) is 0 Å². The van der Waals surface area contributed by atoms with Crippen molar-refractivity contribution >= 4 is 17.5 Å². The molecule has 2 aromatic carbocycles. The lowest BCUT2D eigenvalue weighted by Gasteiger charge is -2.19. The van der Waals surface area contributed by atoms with Crippen molar-refractivity contribution in [1.29, 1.82) is 0 Å². The zero-order valence-electron chi connectivity index (χ0n) is 17.3. The lowest BCUT2D eigenvalue weighted by Crippen LogP contribution is -2.25. The SMILES string of the molecule is NC(=O)c1cccc(-c2ccc(NC(=O)CCCCN3CCCCCC3)cc2F)c1. The minimum Gasteiger partial charge on any atom is -0.366 e. The number of anilines is 1. The number of amides is 2. The fourth-order valence-electron chi connectivity index (χ4n) is 3.87. The lowest BCUT2D eigenvalue weighted by molar-refractivity contribution is -0.116. The largest absolute Gasteiger partial charge is 0.366 e. The first kappa shape index (κ1) is 22.0. The van der Waals surface area contributed by atoms with Crippen molar-refractivity contribution in [2.75, 3.05) is 25.0 Å². The first-order valence-electron chi connectivity index (χ1n) is 10.7. The van der Waals surface area contributed by atoms with E-state index in [1.807, 2.05) is 0 Å². The van der Waals surface area contributed by atoms with Crippen molar-refractivity contribution in [3.05, 3.63) is 53.8 Å². The Hall–Kier alpha value is -2.73. The Balaban J connectivity index is 1.49. The van der Waals surface area contributed by atoms with Gasteiger partial charge >= 0.3 is 0 Å². The van der Waals surface area contributed by atoms with Crippen LogP contribution in [0.25, 0.3) is 11.1 Å². The molecule has 160 valence electrons. The zero-order chi connectivity index (χ0) is 21.3. The van der Waals surface area contributed by atoms with Gasteiger partial charge in [-0.1, -0.05) is 25.0 Å². The molecule has 1 saturated heterocycles. The molecular formula is C24H30FN3O2. The Morgan fingerprint density at radius 3 is 2.47 bits per heavy atom. The van der Waals surface area contributed by atoms with Crippen LogP contribution < -0.4 is 11.1 Å². The third-order valence-electron chi connectivity index (χ3n) is 5.54. The van der Waals surface area contributed by atoms with Gasteiger partial charge in [0.15, 0.2) is 0 Å². The van der Waals surface area contributed by atoms with Crippen molar-refractivity contribution in [3.63, 3.8) is 0 Å². The van der Waals surface area contributed by atoms with E-state index in [0.29, 0.717) is 28.8 Å². The van der Waals surface area contributed by atoms with Crippen LogP contribution in [0.4, 0.5) is 10.1 Å². The summed E-state index contributed by atoms with van der Waals surface area (Å²) in [4.78, 5) is 26.0. The van der Waals surface area contributed by atoms with E-state index < -0.39 is 11.7 Å². The molecule has 1 aliphatic rings. The number of benzene rings is 2. The van der Waals surface area contributed by atoms with Crippen molar-refractivity contribution in [2.24, 2.45) is 5.73 Å². The van der Waals surface area contributed by atoms with E-state index in [0.717, 1.165) is 19.4 Å². The summed E-state index contributed by atoms with van der Waals surface area (Å²) in [7, 11) is 0. The van der Waals surface area contributed by atoms with E-state index in [9.17, 15) is 14.0 Å². The van der Waals surface area contributed by atoms with Gasteiger partial charge in [-0.3, -0.25) is 9.59 Å². The Kier molecular flexibility index (Phi) is 7.97.